The first-order valence-electron chi connectivity index (χ1n) is 3.68. The number of hydrogen-bond donors (Lipinski definition) is 1. The summed E-state index contributed by atoms with van der Waals surface area (Å²) in [5, 5.41) is 8.48. The van der Waals surface area contributed by atoms with Gasteiger partial charge < -0.3 is 5.11 Å². The van der Waals surface area contributed by atoms with Gasteiger partial charge in [0, 0.05) is 26.1 Å². The Bertz CT molecular complexity index is 125. The van der Waals surface area contributed by atoms with E-state index in [4.69, 9.17) is 5.11 Å². The number of carbonyl (C=O) groups is 1. The van der Waals surface area contributed by atoms with Crippen LogP contribution in [0.4, 0.5) is 0 Å². The number of aliphatic hydroxyl groups excluding tert-OH is 1. The van der Waals surface area contributed by atoms with Crippen LogP contribution in [0.5, 0.6) is 0 Å². The maximum atomic E-state index is 10.7. The Morgan fingerprint density at radius 1 is 1.60 bits per heavy atom. The third-order valence-electron chi connectivity index (χ3n) is 1.74. The van der Waals surface area contributed by atoms with Crippen molar-refractivity contribution in [2.45, 2.75) is 12.8 Å². The van der Waals surface area contributed by atoms with Gasteiger partial charge in [0.25, 0.3) is 0 Å². The second-order valence-corrected chi connectivity index (χ2v) is 2.64. The molecule has 0 radical (unpaired) electrons. The molecule has 0 amide bonds. The van der Waals surface area contributed by atoms with Gasteiger partial charge in [-0.2, -0.15) is 0 Å². The molecule has 3 heteroatoms. The second kappa shape index (κ2) is 3.68. The normalized spacial score (nSPS) is 20.3. The summed E-state index contributed by atoms with van der Waals surface area (Å²) in [6.45, 7) is 2.58. The van der Waals surface area contributed by atoms with Crippen molar-refractivity contribution in [3.63, 3.8) is 0 Å². The van der Waals surface area contributed by atoms with E-state index >= 15 is 0 Å². The summed E-state index contributed by atoms with van der Waals surface area (Å²) in [5.74, 6) is 0.331. The van der Waals surface area contributed by atoms with E-state index in [1.165, 1.54) is 0 Å². The quantitative estimate of drug-likeness (QED) is 0.586. The smallest absolute Gasteiger partial charge is 0.148 e. The van der Waals surface area contributed by atoms with Crippen molar-refractivity contribution in [1.29, 1.82) is 0 Å². The summed E-state index contributed by atoms with van der Waals surface area (Å²) in [6.07, 6.45) is 1.48. The van der Waals surface area contributed by atoms with Crippen LogP contribution in [0.3, 0.4) is 0 Å². The van der Waals surface area contributed by atoms with E-state index < -0.39 is 0 Å². The molecule has 0 aromatic carbocycles. The zero-order valence-electron chi connectivity index (χ0n) is 6.05. The van der Waals surface area contributed by atoms with E-state index in [1.807, 2.05) is 0 Å². The minimum atomic E-state index is 0.227. The fourth-order valence-corrected chi connectivity index (χ4v) is 1.18. The van der Waals surface area contributed by atoms with Crippen molar-refractivity contribution in [1.82, 2.24) is 4.90 Å². The van der Waals surface area contributed by atoms with E-state index in [9.17, 15) is 4.79 Å². The fraction of sp³-hybridized carbons (Fsp3) is 0.857. The maximum absolute atomic E-state index is 10.7. The molecule has 0 aromatic heterocycles. The molecule has 1 N–H and O–H groups in total. The molecule has 0 spiro atoms. The Labute approximate surface area is 60.6 Å². The van der Waals surface area contributed by atoms with E-state index in [1.54, 1.807) is 0 Å². The zero-order chi connectivity index (χ0) is 7.40. The summed E-state index contributed by atoms with van der Waals surface area (Å²) >= 11 is 0. The van der Waals surface area contributed by atoms with Gasteiger partial charge in [-0.25, -0.2) is 0 Å². The van der Waals surface area contributed by atoms with Gasteiger partial charge in [-0.15, -0.1) is 0 Å². The van der Waals surface area contributed by atoms with Crippen LogP contribution >= 0.6 is 0 Å². The molecule has 1 saturated heterocycles. The summed E-state index contributed by atoms with van der Waals surface area (Å²) in [4.78, 5) is 12.8. The lowest BCUT2D eigenvalue weighted by molar-refractivity contribution is -0.116. The highest BCUT2D eigenvalue weighted by Gasteiger charge is 2.17. The molecule has 1 heterocycles. The van der Waals surface area contributed by atoms with Crippen LogP contribution in [-0.4, -0.2) is 42.0 Å². The molecule has 10 heavy (non-hydrogen) atoms. The molecule has 1 aliphatic heterocycles. The third-order valence-corrected chi connectivity index (χ3v) is 1.74. The highest BCUT2D eigenvalue weighted by atomic mass is 16.3. The Hall–Kier alpha value is -0.410. The predicted octanol–water partition coefficient (Wildman–Crippen LogP) is -0.356. The first-order chi connectivity index (χ1) is 4.83. The lowest BCUT2D eigenvalue weighted by atomic mass is 10.4. The molecule has 0 aliphatic carbocycles. The summed E-state index contributed by atoms with van der Waals surface area (Å²) in [7, 11) is 0. The molecule has 0 aromatic rings. The average Bonchev–Trinajstić information content (AvgIpc) is 2.31. The molecule has 1 rings (SSSR count). The Morgan fingerprint density at radius 2 is 2.40 bits per heavy atom. The molecule has 3 nitrogen and oxygen atoms in total. The van der Waals surface area contributed by atoms with E-state index in [-0.39, 0.29) is 6.61 Å². The van der Waals surface area contributed by atoms with Crippen molar-refractivity contribution >= 4 is 5.78 Å². The van der Waals surface area contributed by atoms with Crippen LogP contribution < -0.4 is 0 Å². The Kier molecular flexibility index (Phi) is 2.83. The number of nitrogens with zero attached hydrogens (tertiary/aromatic N) is 1. The van der Waals surface area contributed by atoms with E-state index in [2.05, 4.69) is 4.90 Å². The maximum Gasteiger partial charge on any atom is 0.148 e. The minimum absolute atomic E-state index is 0.227. The molecule has 0 atom stereocenters. The lowest BCUT2D eigenvalue weighted by Crippen LogP contribution is -2.22. The van der Waals surface area contributed by atoms with Crippen LogP contribution in [0.15, 0.2) is 0 Å². The lowest BCUT2D eigenvalue weighted by Gasteiger charge is -2.11. The highest BCUT2D eigenvalue weighted by Crippen LogP contribution is 2.03. The van der Waals surface area contributed by atoms with Crippen molar-refractivity contribution in [3.05, 3.63) is 0 Å². The molecule has 1 aliphatic rings. The van der Waals surface area contributed by atoms with Crippen molar-refractivity contribution in [2.75, 3.05) is 26.2 Å². The molecule has 0 bridgehead atoms. The second-order valence-electron chi connectivity index (χ2n) is 2.64. The third kappa shape index (κ3) is 2.08. The number of likely N-dealkylation sites (tertiary alicyclic amines) is 1. The van der Waals surface area contributed by atoms with Gasteiger partial charge in [-0.3, -0.25) is 9.69 Å². The number of rotatable bonds is 3. The van der Waals surface area contributed by atoms with Gasteiger partial charge in [0.15, 0.2) is 0 Å². The minimum Gasteiger partial charge on any atom is -0.396 e. The molecule has 1 fully saturated rings. The highest BCUT2D eigenvalue weighted by molar-refractivity contribution is 5.82. The molecule has 58 valence electrons. The van der Waals surface area contributed by atoms with Gasteiger partial charge in [0.1, 0.15) is 5.78 Å². The molecular weight excluding hydrogens is 130 g/mol. The van der Waals surface area contributed by atoms with Crippen molar-refractivity contribution in [2.24, 2.45) is 0 Å². The van der Waals surface area contributed by atoms with E-state index in [0.29, 0.717) is 18.7 Å². The SMILES string of the molecule is O=C1CCN(CCCO)C1. The van der Waals surface area contributed by atoms with Gasteiger partial charge in [-0.1, -0.05) is 0 Å². The zero-order valence-corrected chi connectivity index (χ0v) is 6.05. The van der Waals surface area contributed by atoms with Crippen LogP contribution in [-0.2, 0) is 4.79 Å². The topological polar surface area (TPSA) is 40.5 Å². The number of hydrogen-bond acceptors (Lipinski definition) is 3. The number of ketones is 1. The fourth-order valence-electron chi connectivity index (χ4n) is 1.18. The van der Waals surface area contributed by atoms with Crippen molar-refractivity contribution in [3.8, 4) is 0 Å². The molecule has 0 unspecified atom stereocenters. The number of aliphatic hydroxyl groups is 1. The number of carbonyl (C=O) groups excluding carboxylic acids is 1. The van der Waals surface area contributed by atoms with Crippen LogP contribution in [0.25, 0.3) is 0 Å². The van der Waals surface area contributed by atoms with Crippen LogP contribution in [0.2, 0.25) is 0 Å². The Morgan fingerprint density at radius 3 is 2.90 bits per heavy atom. The molecular formula is C7H13NO2. The van der Waals surface area contributed by atoms with Gasteiger partial charge in [-0.05, 0) is 6.42 Å². The van der Waals surface area contributed by atoms with Gasteiger partial charge >= 0.3 is 0 Å². The predicted molar refractivity (Wildman–Crippen MR) is 37.8 cm³/mol. The van der Waals surface area contributed by atoms with Gasteiger partial charge in [0.05, 0.1) is 6.54 Å². The monoisotopic (exact) mass is 143 g/mol. The first kappa shape index (κ1) is 7.69. The van der Waals surface area contributed by atoms with E-state index in [0.717, 1.165) is 19.5 Å². The van der Waals surface area contributed by atoms with Gasteiger partial charge in [0.2, 0.25) is 0 Å². The van der Waals surface area contributed by atoms with Crippen LogP contribution in [0, 0.1) is 0 Å². The summed E-state index contributed by atoms with van der Waals surface area (Å²) in [6, 6.07) is 0. The standard InChI is InChI=1S/C7H13NO2/c9-5-1-3-8-4-2-7(10)6-8/h9H,1-6H2. The average molecular weight is 143 g/mol. The molecule has 0 saturated carbocycles. The van der Waals surface area contributed by atoms with Crippen molar-refractivity contribution < 1.29 is 9.90 Å². The first-order valence-corrected chi connectivity index (χ1v) is 3.68. The largest absolute Gasteiger partial charge is 0.396 e. The van der Waals surface area contributed by atoms with Crippen LogP contribution in [0.1, 0.15) is 12.8 Å². The number of Topliss-reactive ketones (excluding diaryl/α,β-unsaturated/α-hetero) is 1. The summed E-state index contributed by atoms with van der Waals surface area (Å²) < 4.78 is 0. The summed E-state index contributed by atoms with van der Waals surface area (Å²) in [5.41, 5.74) is 0. The Balaban J connectivity index is 2.12.